The van der Waals surface area contributed by atoms with Crippen LogP contribution in [-0.4, -0.2) is 61.2 Å². The second kappa shape index (κ2) is 9.98. The smallest absolute Gasteiger partial charge is 0.338 e. The Bertz CT molecular complexity index is 807. The Kier molecular flexibility index (Phi) is 7.37. The summed E-state index contributed by atoms with van der Waals surface area (Å²) in [7, 11) is 1.60. The Morgan fingerprint density at radius 3 is 2.73 bits per heavy atom. The lowest BCUT2D eigenvalue weighted by Gasteiger charge is -2.40. The number of nitrogens with one attached hydrogen (secondary N) is 1. The zero-order chi connectivity index (χ0) is 21.7. The minimum atomic E-state index is -0.579. The van der Waals surface area contributed by atoms with Crippen LogP contribution in [-0.2, 0) is 9.53 Å². The first-order valence-electron chi connectivity index (χ1n) is 10.9. The van der Waals surface area contributed by atoms with Crippen LogP contribution in [0.5, 0.6) is 5.75 Å². The number of urea groups is 1. The lowest BCUT2D eigenvalue weighted by atomic mass is 9.93. The van der Waals surface area contributed by atoms with Gasteiger partial charge in [-0.2, -0.15) is 0 Å². The average molecular weight is 416 g/mol. The molecule has 0 spiro atoms. The predicted octanol–water partition coefficient (Wildman–Crippen LogP) is 3.47. The standard InChI is InChI=1S/C23H33N3O4/c1-5-26-19(15-25-13-8-7-10-16(25)3)20(22(27)30-6-2)21(24-23(26)28)17-11-9-12-18(14-17)29-4/h9,11-12,14,16,21H,5-8,10,13,15H2,1-4H3,(H,24,28)/t16-,21-/m0/s1. The molecule has 0 unspecified atom stereocenters. The molecule has 164 valence electrons. The van der Waals surface area contributed by atoms with Crippen molar-refractivity contribution in [3.05, 3.63) is 41.1 Å². The molecule has 0 bridgehead atoms. The number of benzene rings is 1. The fraction of sp³-hybridized carbons (Fsp3) is 0.565. The Morgan fingerprint density at radius 2 is 2.07 bits per heavy atom. The van der Waals surface area contributed by atoms with Crippen molar-refractivity contribution < 1.29 is 19.1 Å². The van der Waals surface area contributed by atoms with E-state index in [1.807, 2.05) is 31.2 Å². The maximum Gasteiger partial charge on any atom is 0.338 e. The molecule has 0 saturated carbocycles. The van der Waals surface area contributed by atoms with Crippen molar-refractivity contribution in [1.29, 1.82) is 0 Å². The molecule has 1 saturated heterocycles. The van der Waals surface area contributed by atoms with Crippen LogP contribution in [0.25, 0.3) is 0 Å². The van der Waals surface area contributed by atoms with Crippen LogP contribution in [0, 0.1) is 0 Å². The van der Waals surface area contributed by atoms with Crippen LogP contribution in [0.15, 0.2) is 35.5 Å². The number of likely N-dealkylation sites (N-methyl/N-ethyl adjacent to an activating group) is 1. The number of piperidine rings is 1. The number of carbonyl (C=O) groups is 2. The third kappa shape index (κ3) is 4.61. The Labute approximate surface area is 179 Å². The van der Waals surface area contributed by atoms with Crippen LogP contribution in [0.4, 0.5) is 4.79 Å². The summed E-state index contributed by atoms with van der Waals surface area (Å²) in [6.07, 6.45) is 3.47. The molecule has 0 radical (unpaired) electrons. The van der Waals surface area contributed by atoms with Gasteiger partial charge < -0.3 is 14.8 Å². The topological polar surface area (TPSA) is 71.1 Å². The van der Waals surface area contributed by atoms with Crippen LogP contribution >= 0.6 is 0 Å². The first kappa shape index (κ1) is 22.2. The molecule has 30 heavy (non-hydrogen) atoms. The number of hydrogen-bond donors (Lipinski definition) is 1. The normalized spacial score (nSPS) is 22.7. The first-order valence-corrected chi connectivity index (χ1v) is 10.9. The monoisotopic (exact) mass is 415 g/mol. The molecule has 2 amide bonds. The molecular formula is C23H33N3O4. The van der Waals surface area contributed by atoms with Gasteiger partial charge in [0.25, 0.3) is 0 Å². The molecule has 2 aliphatic rings. The average Bonchev–Trinajstić information content (AvgIpc) is 2.75. The lowest BCUT2D eigenvalue weighted by Crippen LogP contribution is -2.52. The summed E-state index contributed by atoms with van der Waals surface area (Å²) in [6, 6.07) is 7.09. The molecule has 0 aromatic heterocycles. The summed E-state index contributed by atoms with van der Waals surface area (Å²) in [5.41, 5.74) is 2.04. The Hall–Kier alpha value is -2.54. The number of esters is 1. The predicted molar refractivity (Wildman–Crippen MR) is 115 cm³/mol. The van der Waals surface area contributed by atoms with Gasteiger partial charge in [-0.3, -0.25) is 9.80 Å². The molecule has 0 aliphatic carbocycles. The van der Waals surface area contributed by atoms with Crippen LogP contribution in [0.3, 0.4) is 0 Å². The summed E-state index contributed by atoms with van der Waals surface area (Å²) in [6.45, 7) is 8.21. The van der Waals surface area contributed by atoms with Crippen molar-refractivity contribution >= 4 is 12.0 Å². The van der Waals surface area contributed by atoms with Gasteiger partial charge in [-0.15, -0.1) is 0 Å². The van der Waals surface area contributed by atoms with Crippen molar-refractivity contribution in [2.45, 2.75) is 52.1 Å². The van der Waals surface area contributed by atoms with Crippen LogP contribution < -0.4 is 10.1 Å². The van der Waals surface area contributed by atoms with E-state index in [1.54, 1.807) is 18.9 Å². The maximum atomic E-state index is 13.1. The van der Waals surface area contributed by atoms with E-state index in [4.69, 9.17) is 9.47 Å². The largest absolute Gasteiger partial charge is 0.497 e. The number of likely N-dealkylation sites (tertiary alicyclic amines) is 1. The summed E-state index contributed by atoms with van der Waals surface area (Å²) in [5.74, 6) is 0.289. The highest BCUT2D eigenvalue weighted by molar-refractivity contribution is 5.95. The summed E-state index contributed by atoms with van der Waals surface area (Å²) >= 11 is 0. The zero-order valence-corrected chi connectivity index (χ0v) is 18.4. The number of nitrogens with zero attached hydrogens (tertiary/aromatic N) is 2. The second-order valence-corrected chi connectivity index (χ2v) is 7.80. The van der Waals surface area contributed by atoms with Gasteiger partial charge in [0, 0.05) is 24.8 Å². The summed E-state index contributed by atoms with van der Waals surface area (Å²) < 4.78 is 10.8. The fourth-order valence-corrected chi connectivity index (χ4v) is 4.31. The lowest BCUT2D eigenvalue weighted by molar-refractivity contribution is -0.139. The third-order valence-electron chi connectivity index (χ3n) is 5.97. The summed E-state index contributed by atoms with van der Waals surface area (Å²) in [5, 5.41) is 3.01. The van der Waals surface area contributed by atoms with Gasteiger partial charge >= 0.3 is 12.0 Å². The van der Waals surface area contributed by atoms with Gasteiger partial charge in [-0.05, 0) is 57.9 Å². The van der Waals surface area contributed by atoms with Gasteiger partial charge in [0.1, 0.15) is 5.75 Å². The van der Waals surface area contributed by atoms with Crippen LogP contribution in [0.2, 0.25) is 0 Å². The number of ether oxygens (including phenoxy) is 2. The number of carbonyl (C=O) groups excluding carboxylic acids is 2. The second-order valence-electron chi connectivity index (χ2n) is 7.80. The highest BCUT2D eigenvalue weighted by Crippen LogP contribution is 2.34. The van der Waals surface area contributed by atoms with E-state index < -0.39 is 6.04 Å². The van der Waals surface area contributed by atoms with E-state index >= 15 is 0 Å². The highest BCUT2D eigenvalue weighted by atomic mass is 16.5. The van der Waals surface area contributed by atoms with E-state index in [2.05, 4.69) is 17.1 Å². The zero-order valence-electron chi connectivity index (χ0n) is 18.4. The number of amides is 2. The molecular weight excluding hydrogens is 382 g/mol. The van der Waals surface area contributed by atoms with E-state index in [-0.39, 0.29) is 18.6 Å². The molecule has 1 aromatic rings. The van der Waals surface area contributed by atoms with E-state index in [0.29, 0.717) is 30.5 Å². The number of hydrogen-bond acceptors (Lipinski definition) is 5. The Balaban J connectivity index is 2.10. The van der Waals surface area contributed by atoms with Crippen molar-refractivity contribution in [3.8, 4) is 5.75 Å². The van der Waals surface area contributed by atoms with Gasteiger partial charge in [-0.25, -0.2) is 9.59 Å². The molecule has 2 heterocycles. The van der Waals surface area contributed by atoms with Crippen molar-refractivity contribution in [1.82, 2.24) is 15.1 Å². The SMILES string of the molecule is CCOC(=O)C1=C(CN2CCCC[C@@H]2C)N(CC)C(=O)N[C@H]1c1cccc(OC)c1. The molecule has 2 atom stereocenters. The number of methoxy groups -OCH3 is 1. The maximum absolute atomic E-state index is 13.1. The van der Waals surface area contributed by atoms with Crippen molar-refractivity contribution in [2.75, 3.05) is 33.4 Å². The highest BCUT2D eigenvalue weighted by Gasteiger charge is 2.38. The third-order valence-corrected chi connectivity index (χ3v) is 5.97. The molecule has 1 N–H and O–H groups in total. The van der Waals surface area contributed by atoms with Gasteiger partial charge in [0.2, 0.25) is 0 Å². The van der Waals surface area contributed by atoms with Gasteiger partial charge in [0.05, 0.1) is 25.3 Å². The van der Waals surface area contributed by atoms with Crippen molar-refractivity contribution in [3.63, 3.8) is 0 Å². The molecule has 1 fully saturated rings. The minimum absolute atomic E-state index is 0.196. The van der Waals surface area contributed by atoms with Gasteiger partial charge in [0.15, 0.2) is 0 Å². The number of rotatable bonds is 7. The molecule has 1 aromatic carbocycles. The van der Waals surface area contributed by atoms with E-state index in [9.17, 15) is 9.59 Å². The van der Waals surface area contributed by atoms with E-state index in [1.165, 1.54) is 6.42 Å². The molecule has 7 heteroatoms. The Morgan fingerprint density at radius 1 is 1.27 bits per heavy atom. The fourth-order valence-electron chi connectivity index (χ4n) is 4.31. The first-order chi connectivity index (χ1) is 14.5. The quantitative estimate of drug-likeness (QED) is 0.691. The summed E-state index contributed by atoms with van der Waals surface area (Å²) in [4.78, 5) is 30.2. The van der Waals surface area contributed by atoms with Gasteiger partial charge in [-0.1, -0.05) is 18.6 Å². The molecule has 2 aliphatic heterocycles. The minimum Gasteiger partial charge on any atom is -0.497 e. The molecule has 7 nitrogen and oxygen atoms in total. The van der Waals surface area contributed by atoms with Crippen LogP contribution in [0.1, 0.15) is 51.6 Å². The van der Waals surface area contributed by atoms with E-state index in [0.717, 1.165) is 30.6 Å². The molecule has 3 rings (SSSR count). The van der Waals surface area contributed by atoms with Crippen molar-refractivity contribution in [2.24, 2.45) is 0 Å².